The van der Waals surface area contributed by atoms with E-state index in [9.17, 15) is 13.2 Å². The van der Waals surface area contributed by atoms with Crippen LogP contribution in [-0.2, 0) is 23.0 Å². The van der Waals surface area contributed by atoms with Crippen molar-refractivity contribution in [1.82, 2.24) is 20.2 Å². The van der Waals surface area contributed by atoms with Crippen molar-refractivity contribution in [2.45, 2.75) is 51.1 Å². The molecule has 0 saturated heterocycles. The van der Waals surface area contributed by atoms with Crippen molar-refractivity contribution in [3.8, 4) is 0 Å². The highest BCUT2D eigenvalue weighted by atomic mass is 35.5. The van der Waals surface area contributed by atoms with Gasteiger partial charge in [0.25, 0.3) is 5.91 Å². The minimum atomic E-state index is -3.71. The predicted molar refractivity (Wildman–Crippen MR) is 110 cm³/mol. The summed E-state index contributed by atoms with van der Waals surface area (Å²) in [5, 5.41) is 13.1. The molecule has 0 fully saturated rings. The van der Waals surface area contributed by atoms with Crippen LogP contribution in [0.5, 0.6) is 0 Å². The number of rotatable bonds is 4. The molecule has 0 saturated carbocycles. The van der Waals surface area contributed by atoms with E-state index in [1.807, 2.05) is 0 Å². The van der Waals surface area contributed by atoms with E-state index in [4.69, 9.17) is 0 Å². The monoisotopic (exact) mass is 427 g/mol. The first-order chi connectivity index (χ1) is 12.6. The molecule has 0 aliphatic carbocycles. The van der Waals surface area contributed by atoms with Gasteiger partial charge in [-0.15, -0.1) is 12.4 Å². The third-order valence-corrected chi connectivity index (χ3v) is 6.19. The quantitative estimate of drug-likeness (QED) is 0.596. The van der Waals surface area contributed by atoms with Gasteiger partial charge < -0.3 is 10.6 Å². The summed E-state index contributed by atoms with van der Waals surface area (Å²) in [7, 11) is -3.71. The first-order valence-electron chi connectivity index (χ1n) is 8.80. The molecule has 0 unspecified atom stereocenters. The highest BCUT2D eigenvalue weighted by Gasteiger charge is 2.26. The largest absolute Gasteiger partial charge is 0.320 e. The lowest BCUT2D eigenvalue weighted by atomic mass is 10.1. The van der Waals surface area contributed by atoms with Crippen molar-refractivity contribution in [1.29, 1.82) is 0 Å². The Hall–Kier alpha value is -1.94. The normalized spacial score (nSPS) is 14.1. The van der Waals surface area contributed by atoms with E-state index in [1.165, 1.54) is 6.07 Å². The zero-order valence-electron chi connectivity index (χ0n) is 16.3. The number of carbonyl (C=O) groups is 1. The molecular formula is C18H26ClN5O3S. The van der Waals surface area contributed by atoms with Crippen LogP contribution in [0.1, 0.15) is 48.1 Å². The van der Waals surface area contributed by atoms with E-state index < -0.39 is 15.6 Å². The molecule has 1 amide bonds. The van der Waals surface area contributed by atoms with Gasteiger partial charge in [-0.2, -0.15) is 5.10 Å². The van der Waals surface area contributed by atoms with Gasteiger partial charge in [-0.1, -0.05) is 6.07 Å². The van der Waals surface area contributed by atoms with Gasteiger partial charge in [0.1, 0.15) is 0 Å². The number of carbonyl (C=O) groups excluding carboxylic acids is 1. The Balaban J connectivity index is 0.00000280. The molecule has 1 aromatic carbocycles. The number of nitrogens with one attached hydrogen (secondary N) is 4. The van der Waals surface area contributed by atoms with Crippen LogP contribution in [0.2, 0.25) is 0 Å². The highest BCUT2D eigenvalue weighted by Crippen LogP contribution is 2.25. The maximum Gasteiger partial charge on any atom is 0.276 e. The molecule has 154 valence electrons. The van der Waals surface area contributed by atoms with Crippen LogP contribution in [0.3, 0.4) is 0 Å². The molecular weight excluding hydrogens is 402 g/mol. The van der Waals surface area contributed by atoms with Crippen LogP contribution in [0.15, 0.2) is 23.1 Å². The van der Waals surface area contributed by atoms with Crippen LogP contribution in [0, 0.1) is 6.92 Å². The van der Waals surface area contributed by atoms with E-state index in [2.05, 4.69) is 25.6 Å². The molecule has 0 spiro atoms. The van der Waals surface area contributed by atoms with Gasteiger partial charge in [-0.25, -0.2) is 13.1 Å². The molecule has 2 aromatic rings. The minimum absolute atomic E-state index is 0. The van der Waals surface area contributed by atoms with E-state index in [0.29, 0.717) is 23.5 Å². The molecule has 0 bridgehead atoms. The number of aromatic amines is 1. The summed E-state index contributed by atoms with van der Waals surface area (Å²) in [5.41, 5.74) is 2.46. The fraction of sp³-hybridized carbons (Fsp3) is 0.444. The summed E-state index contributed by atoms with van der Waals surface area (Å²) < 4.78 is 28.0. The second kappa shape index (κ2) is 8.20. The molecule has 4 N–H and O–H groups in total. The van der Waals surface area contributed by atoms with Gasteiger partial charge in [0.15, 0.2) is 5.69 Å². The molecule has 2 heterocycles. The number of halogens is 1. The second-order valence-electron chi connectivity index (χ2n) is 7.69. The lowest BCUT2D eigenvalue weighted by molar-refractivity contribution is 0.102. The van der Waals surface area contributed by atoms with Crippen molar-refractivity contribution >= 4 is 34.0 Å². The number of nitrogens with zero attached hydrogens (tertiary/aromatic N) is 1. The van der Waals surface area contributed by atoms with Gasteiger partial charge in [-0.3, -0.25) is 9.89 Å². The van der Waals surface area contributed by atoms with E-state index in [0.717, 1.165) is 24.2 Å². The zero-order chi connectivity index (χ0) is 19.8. The Morgan fingerprint density at radius 3 is 2.64 bits per heavy atom. The molecule has 10 heteroatoms. The number of amides is 1. The fourth-order valence-electron chi connectivity index (χ4n) is 3.09. The molecule has 1 aromatic heterocycles. The number of benzene rings is 1. The molecule has 0 radical (unpaired) electrons. The number of aromatic nitrogens is 2. The van der Waals surface area contributed by atoms with E-state index in [1.54, 1.807) is 39.8 Å². The molecule has 1 aliphatic heterocycles. The maximum atomic E-state index is 12.7. The summed E-state index contributed by atoms with van der Waals surface area (Å²) in [6.45, 7) is 8.43. The molecule has 0 atom stereocenters. The third-order valence-electron chi connectivity index (χ3n) is 4.28. The first-order valence-corrected chi connectivity index (χ1v) is 10.3. The number of hydrogen-bond donors (Lipinski definition) is 4. The molecule has 8 nitrogen and oxygen atoms in total. The average Bonchev–Trinajstić information content (AvgIpc) is 2.98. The van der Waals surface area contributed by atoms with Gasteiger partial charge in [0.05, 0.1) is 4.90 Å². The van der Waals surface area contributed by atoms with Crippen molar-refractivity contribution in [2.24, 2.45) is 0 Å². The van der Waals surface area contributed by atoms with Crippen molar-refractivity contribution in [2.75, 3.05) is 11.9 Å². The lowest BCUT2D eigenvalue weighted by Gasteiger charge is -2.22. The fourth-order valence-corrected chi connectivity index (χ4v) is 4.78. The van der Waals surface area contributed by atoms with Gasteiger partial charge in [0.2, 0.25) is 10.0 Å². The van der Waals surface area contributed by atoms with Gasteiger partial charge in [0, 0.05) is 42.0 Å². The van der Waals surface area contributed by atoms with Crippen molar-refractivity contribution < 1.29 is 13.2 Å². The third kappa shape index (κ3) is 4.72. The van der Waals surface area contributed by atoms with Crippen LogP contribution < -0.4 is 15.4 Å². The number of sulfonamides is 1. The van der Waals surface area contributed by atoms with Crippen LogP contribution in [0.4, 0.5) is 5.69 Å². The Morgan fingerprint density at radius 2 is 1.96 bits per heavy atom. The summed E-state index contributed by atoms with van der Waals surface area (Å²) in [4.78, 5) is 12.8. The van der Waals surface area contributed by atoms with Crippen LogP contribution in [-0.4, -0.2) is 36.6 Å². The molecule has 28 heavy (non-hydrogen) atoms. The highest BCUT2D eigenvalue weighted by molar-refractivity contribution is 7.89. The predicted octanol–water partition coefficient (Wildman–Crippen LogP) is 2.11. The Bertz CT molecular complexity index is 980. The maximum absolute atomic E-state index is 12.7. The minimum Gasteiger partial charge on any atom is -0.320 e. The second-order valence-corrected chi connectivity index (χ2v) is 9.35. The summed E-state index contributed by atoms with van der Waals surface area (Å²) in [6, 6.07) is 4.82. The standard InChI is InChI=1S/C18H25N5O3S.ClH/c1-11-13(6-5-7-15(11)27(25,26)23-18(2,3)4)20-17(24)16-12-10-19-9-8-14(12)21-22-16;/h5-7,19,23H,8-10H2,1-4H3,(H,20,24)(H,21,22);1H. The lowest BCUT2D eigenvalue weighted by Crippen LogP contribution is -2.40. The van der Waals surface area contributed by atoms with Crippen molar-refractivity contribution in [3.05, 3.63) is 40.7 Å². The van der Waals surface area contributed by atoms with Gasteiger partial charge >= 0.3 is 0 Å². The number of H-pyrrole nitrogens is 1. The summed E-state index contributed by atoms with van der Waals surface area (Å²) >= 11 is 0. The molecule has 3 rings (SSSR count). The van der Waals surface area contributed by atoms with Crippen LogP contribution >= 0.6 is 12.4 Å². The molecule has 1 aliphatic rings. The number of fused-ring (bicyclic) bond motifs is 1. The van der Waals surface area contributed by atoms with Gasteiger partial charge in [-0.05, 0) is 45.4 Å². The Morgan fingerprint density at radius 1 is 1.25 bits per heavy atom. The first kappa shape index (κ1) is 22.4. The number of hydrogen-bond acceptors (Lipinski definition) is 5. The van der Waals surface area contributed by atoms with E-state index in [-0.39, 0.29) is 23.2 Å². The number of anilines is 1. The average molecular weight is 428 g/mol. The Kier molecular flexibility index (Phi) is 6.55. The zero-order valence-corrected chi connectivity index (χ0v) is 18.0. The summed E-state index contributed by atoms with van der Waals surface area (Å²) in [5.74, 6) is -0.363. The SMILES string of the molecule is Cc1c(NC(=O)c2n[nH]c3c2CNCC3)cccc1S(=O)(=O)NC(C)(C)C.Cl. The topological polar surface area (TPSA) is 116 Å². The summed E-state index contributed by atoms with van der Waals surface area (Å²) in [6.07, 6.45) is 0.793. The Labute approximate surface area is 171 Å². The smallest absolute Gasteiger partial charge is 0.276 e. The van der Waals surface area contributed by atoms with Crippen molar-refractivity contribution in [3.63, 3.8) is 0 Å². The van der Waals surface area contributed by atoms with E-state index >= 15 is 0 Å². The van der Waals surface area contributed by atoms with Crippen LogP contribution in [0.25, 0.3) is 0 Å².